The van der Waals surface area contributed by atoms with Gasteiger partial charge in [-0.05, 0) is 31.9 Å². The molecule has 5 nitrogen and oxygen atoms in total. The van der Waals surface area contributed by atoms with Gasteiger partial charge in [0.15, 0.2) is 0 Å². The number of piperidine rings is 2. The van der Waals surface area contributed by atoms with Crippen molar-refractivity contribution in [2.75, 3.05) is 39.0 Å². The number of nitrogens with zero attached hydrogens (tertiary/aromatic N) is 2. The average molecular weight is 307 g/mol. The van der Waals surface area contributed by atoms with Crippen molar-refractivity contribution in [3.05, 3.63) is 0 Å². The average Bonchev–Trinajstić information content (AvgIpc) is 2.48. The molecule has 2 fully saturated rings. The molecule has 0 aromatic carbocycles. The summed E-state index contributed by atoms with van der Waals surface area (Å²) in [4.78, 5) is 0. The van der Waals surface area contributed by atoms with Crippen LogP contribution >= 0.6 is 11.8 Å². The Bertz CT molecular complexity index is 380. The van der Waals surface area contributed by atoms with Crippen LogP contribution in [-0.2, 0) is 10.2 Å². The molecule has 7 heteroatoms. The van der Waals surface area contributed by atoms with E-state index in [-0.39, 0.29) is 4.75 Å². The van der Waals surface area contributed by atoms with Gasteiger partial charge in [-0.3, -0.25) is 0 Å². The molecule has 0 aliphatic carbocycles. The largest absolute Gasteiger partial charge is 0.329 e. The highest BCUT2D eigenvalue weighted by Crippen LogP contribution is 2.34. The lowest BCUT2D eigenvalue weighted by atomic mass is 9.97. The van der Waals surface area contributed by atoms with E-state index in [4.69, 9.17) is 5.73 Å². The van der Waals surface area contributed by atoms with Crippen LogP contribution < -0.4 is 5.73 Å². The Morgan fingerprint density at radius 1 is 1.05 bits per heavy atom. The van der Waals surface area contributed by atoms with Crippen molar-refractivity contribution >= 4 is 22.0 Å². The quantitative estimate of drug-likeness (QED) is 0.837. The van der Waals surface area contributed by atoms with E-state index in [1.54, 1.807) is 20.4 Å². The number of nitrogens with two attached hydrogens (primary N) is 1. The van der Waals surface area contributed by atoms with Gasteiger partial charge >= 0.3 is 0 Å². The zero-order chi connectivity index (χ0) is 13.9. The highest BCUT2D eigenvalue weighted by molar-refractivity contribution is 8.00. The van der Waals surface area contributed by atoms with Gasteiger partial charge in [0.1, 0.15) is 0 Å². The van der Waals surface area contributed by atoms with Crippen LogP contribution in [0.25, 0.3) is 0 Å². The summed E-state index contributed by atoms with van der Waals surface area (Å²) in [6.45, 7) is 3.21. The van der Waals surface area contributed by atoms with E-state index in [1.165, 1.54) is 0 Å². The summed E-state index contributed by atoms with van der Waals surface area (Å²) in [5.41, 5.74) is 5.85. The summed E-state index contributed by atoms with van der Waals surface area (Å²) in [6.07, 6.45) is 6.92. The second-order valence-electron chi connectivity index (χ2n) is 5.46. The highest BCUT2D eigenvalue weighted by Gasteiger charge is 2.38. The predicted molar refractivity (Wildman–Crippen MR) is 80.5 cm³/mol. The zero-order valence-corrected chi connectivity index (χ0v) is 13.3. The van der Waals surface area contributed by atoms with Crippen molar-refractivity contribution in [1.29, 1.82) is 0 Å². The number of hydrogen-bond donors (Lipinski definition) is 1. The Morgan fingerprint density at radius 2 is 1.58 bits per heavy atom. The monoisotopic (exact) mass is 307 g/mol. The molecule has 112 valence electrons. The molecule has 2 saturated heterocycles. The fourth-order valence-electron chi connectivity index (χ4n) is 2.87. The Kier molecular flexibility index (Phi) is 5.16. The SMILES string of the molecule is CSC1(CN)CCN(S(=O)(=O)N2CCCCC2)CC1. The summed E-state index contributed by atoms with van der Waals surface area (Å²) >= 11 is 1.78. The van der Waals surface area contributed by atoms with Gasteiger partial charge in [-0.1, -0.05) is 6.42 Å². The summed E-state index contributed by atoms with van der Waals surface area (Å²) in [7, 11) is -3.24. The molecule has 0 radical (unpaired) electrons. The van der Waals surface area contributed by atoms with Gasteiger partial charge < -0.3 is 5.73 Å². The first-order chi connectivity index (χ1) is 9.04. The van der Waals surface area contributed by atoms with Crippen molar-refractivity contribution in [3.8, 4) is 0 Å². The molecule has 2 heterocycles. The van der Waals surface area contributed by atoms with E-state index in [9.17, 15) is 8.42 Å². The Labute approximate surface area is 121 Å². The van der Waals surface area contributed by atoms with Gasteiger partial charge in [0.2, 0.25) is 0 Å². The second-order valence-corrected chi connectivity index (χ2v) is 8.66. The number of hydrogen-bond acceptors (Lipinski definition) is 4. The standard InChI is InChI=1S/C12H25N3O2S2/c1-18-12(11-13)5-9-15(10-6-12)19(16,17)14-7-3-2-4-8-14/h2-11,13H2,1H3. The molecule has 0 unspecified atom stereocenters. The molecule has 0 spiro atoms. The van der Waals surface area contributed by atoms with E-state index in [1.807, 2.05) is 0 Å². The maximum atomic E-state index is 12.5. The van der Waals surface area contributed by atoms with Crippen LogP contribution in [0.2, 0.25) is 0 Å². The third kappa shape index (κ3) is 3.26. The molecule has 2 rings (SSSR count). The van der Waals surface area contributed by atoms with Gasteiger partial charge in [-0.15, -0.1) is 0 Å². The van der Waals surface area contributed by atoms with Crippen LogP contribution in [-0.4, -0.2) is 60.8 Å². The minimum atomic E-state index is -3.24. The van der Waals surface area contributed by atoms with E-state index >= 15 is 0 Å². The van der Waals surface area contributed by atoms with Gasteiger partial charge in [0, 0.05) is 37.5 Å². The third-order valence-corrected chi connectivity index (χ3v) is 7.88. The predicted octanol–water partition coefficient (Wildman–Crippen LogP) is 0.873. The van der Waals surface area contributed by atoms with E-state index in [2.05, 4.69) is 6.26 Å². The van der Waals surface area contributed by atoms with Crippen LogP contribution in [0.3, 0.4) is 0 Å². The normalized spacial score (nSPS) is 26.4. The van der Waals surface area contributed by atoms with Gasteiger partial charge in [-0.2, -0.15) is 28.8 Å². The number of thioether (sulfide) groups is 1. The van der Waals surface area contributed by atoms with Gasteiger partial charge in [-0.25, -0.2) is 0 Å². The molecule has 2 N–H and O–H groups in total. The first-order valence-corrected chi connectivity index (χ1v) is 9.67. The van der Waals surface area contributed by atoms with Crippen molar-refractivity contribution in [1.82, 2.24) is 8.61 Å². The lowest BCUT2D eigenvalue weighted by Crippen LogP contribution is -2.53. The molecule has 0 amide bonds. The van der Waals surface area contributed by atoms with Gasteiger partial charge in [0.25, 0.3) is 10.2 Å². The first-order valence-electron chi connectivity index (χ1n) is 7.04. The van der Waals surface area contributed by atoms with Crippen molar-refractivity contribution < 1.29 is 8.42 Å². The van der Waals surface area contributed by atoms with Crippen molar-refractivity contribution in [3.63, 3.8) is 0 Å². The maximum absolute atomic E-state index is 12.5. The second kappa shape index (κ2) is 6.30. The zero-order valence-electron chi connectivity index (χ0n) is 11.7. The summed E-state index contributed by atoms with van der Waals surface area (Å²) in [6, 6.07) is 0. The topological polar surface area (TPSA) is 66.6 Å². The van der Waals surface area contributed by atoms with Gasteiger partial charge in [0.05, 0.1) is 0 Å². The molecule has 0 atom stereocenters. The summed E-state index contributed by atoms with van der Waals surface area (Å²) < 4.78 is 28.5. The Morgan fingerprint density at radius 3 is 2.05 bits per heavy atom. The van der Waals surface area contributed by atoms with Crippen LogP contribution in [0, 0.1) is 0 Å². The minimum Gasteiger partial charge on any atom is -0.329 e. The fourth-order valence-corrected chi connectivity index (χ4v) is 5.32. The van der Waals surface area contributed by atoms with E-state index in [0.29, 0.717) is 32.7 Å². The van der Waals surface area contributed by atoms with Crippen molar-refractivity contribution in [2.24, 2.45) is 5.73 Å². The molecular weight excluding hydrogens is 282 g/mol. The van der Waals surface area contributed by atoms with Crippen LogP contribution in [0.1, 0.15) is 32.1 Å². The molecule has 2 aliphatic heterocycles. The van der Waals surface area contributed by atoms with Crippen molar-refractivity contribution in [2.45, 2.75) is 36.9 Å². The van der Waals surface area contributed by atoms with Crippen LogP contribution in [0.15, 0.2) is 0 Å². The van der Waals surface area contributed by atoms with E-state index < -0.39 is 10.2 Å². The van der Waals surface area contributed by atoms with Crippen LogP contribution in [0.4, 0.5) is 0 Å². The molecule has 0 aromatic rings. The summed E-state index contributed by atoms with van der Waals surface area (Å²) in [5.74, 6) is 0. The molecule has 2 aliphatic rings. The third-order valence-electron chi connectivity index (χ3n) is 4.41. The van der Waals surface area contributed by atoms with E-state index in [0.717, 1.165) is 32.1 Å². The molecule has 19 heavy (non-hydrogen) atoms. The number of rotatable bonds is 4. The highest BCUT2D eigenvalue weighted by atomic mass is 32.2. The molecular formula is C12H25N3O2S2. The maximum Gasteiger partial charge on any atom is 0.281 e. The molecule has 0 saturated carbocycles. The Balaban J connectivity index is 2.00. The Hall–Kier alpha value is 0.180. The minimum absolute atomic E-state index is 0.0773. The van der Waals surface area contributed by atoms with Crippen LogP contribution in [0.5, 0.6) is 0 Å². The first kappa shape index (κ1) is 15.6. The molecule has 0 aromatic heterocycles. The lowest BCUT2D eigenvalue weighted by molar-refractivity contribution is 0.261. The lowest BCUT2D eigenvalue weighted by Gasteiger charge is -2.41. The summed E-state index contributed by atoms with van der Waals surface area (Å²) in [5, 5.41) is 0. The smallest absolute Gasteiger partial charge is 0.281 e. The molecule has 0 bridgehead atoms. The fraction of sp³-hybridized carbons (Fsp3) is 1.00.